The fourth-order valence-electron chi connectivity index (χ4n) is 0.845. The van der Waals surface area contributed by atoms with E-state index in [2.05, 4.69) is 16.8 Å². The van der Waals surface area contributed by atoms with E-state index in [-0.39, 0.29) is 0 Å². The van der Waals surface area contributed by atoms with Crippen LogP contribution in [-0.4, -0.2) is 10.9 Å². The molecule has 0 aromatic carbocycles. The van der Waals surface area contributed by atoms with Gasteiger partial charge in [-0.25, -0.2) is 4.98 Å². The van der Waals surface area contributed by atoms with Gasteiger partial charge in [0.1, 0.15) is 5.69 Å². The van der Waals surface area contributed by atoms with E-state index in [4.69, 9.17) is 17.3 Å². The van der Waals surface area contributed by atoms with Crippen molar-refractivity contribution in [3.8, 4) is 11.8 Å². The van der Waals surface area contributed by atoms with Crippen molar-refractivity contribution in [2.24, 2.45) is 0 Å². The summed E-state index contributed by atoms with van der Waals surface area (Å²) < 4.78 is 0. The highest BCUT2D eigenvalue weighted by Gasteiger charge is 1.94. The van der Waals surface area contributed by atoms with Crippen LogP contribution in [0.3, 0.4) is 0 Å². The number of nitrogens with zero attached hydrogens (tertiary/aromatic N) is 1. The number of rotatable bonds is 0. The predicted octanol–water partition coefficient (Wildman–Crippen LogP) is 1.56. The topological polar surface area (TPSA) is 38.9 Å². The molecule has 1 rings (SSSR count). The quantitative estimate of drug-likeness (QED) is 0.486. The van der Waals surface area contributed by atoms with Gasteiger partial charge in [0.2, 0.25) is 0 Å². The molecule has 0 radical (unpaired) electrons. The van der Waals surface area contributed by atoms with E-state index in [9.17, 15) is 0 Å². The van der Waals surface area contributed by atoms with E-state index < -0.39 is 0 Å². The summed E-state index contributed by atoms with van der Waals surface area (Å²) in [7, 11) is 0. The number of hydrogen-bond acceptors (Lipinski definition) is 2. The molecule has 0 amide bonds. The molecule has 0 saturated heterocycles. The summed E-state index contributed by atoms with van der Waals surface area (Å²) in [5.74, 6) is 5.90. The minimum atomic E-state index is 0.325. The Hall–Kier alpha value is -1.20. The molecular formula is C9H9ClN2. The van der Waals surface area contributed by atoms with Crippen molar-refractivity contribution in [3.63, 3.8) is 0 Å². The lowest BCUT2D eigenvalue weighted by molar-refractivity contribution is 1.23. The average molecular weight is 181 g/mol. The zero-order valence-electron chi connectivity index (χ0n) is 6.76. The minimum absolute atomic E-state index is 0.325. The third-order valence-electron chi connectivity index (χ3n) is 1.37. The van der Waals surface area contributed by atoms with Crippen LogP contribution in [0, 0.1) is 18.8 Å². The summed E-state index contributed by atoms with van der Waals surface area (Å²) in [6, 6.07) is 1.84. The van der Waals surface area contributed by atoms with Crippen LogP contribution in [-0.2, 0) is 0 Å². The molecule has 1 aromatic rings. The van der Waals surface area contributed by atoms with Gasteiger partial charge < -0.3 is 5.73 Å². The van der Waals surface area contributed by atoms with Crippen molar-refractivity contribution in [2.45, 2.75) is 6.92 Å². The SMILES string of the molecule is Cc1cc(N)cnc1C#CCCl. The summed E-state index contributed by atoms with van der Waals surface area (Å²) >= 11 is 5.41. The number of halogens is 1. The van der Waals surface area contributed by atoms with Crippen LogP contribution in [0.4, 0.5) is 5.69 Å². The first-order chi connectivity index (χ1) is 5.74. The molecule has 0 aliphatic carbocycles. The van der Waals surface area contributed by atoms with Crippen molar-refractivity contribution >= 4 is 17.3 Å². The molecule has 0 unspecified atom stereocenters. The molecule has 1 aromatic heterocycles. The van der Waals surface area contributed by atoms with Gasteiger partial charge >= 0.3 is 0 Å². The number of nitrogen functional groups attached to an aromatic ring is 1. The summed E-state index contributed by atoms with van der Waals surface area (Å²) in [6.45, 7) is 1.92. The number of anilines is 1. The van der Waals surface area contributed by atoms with Gasteiger partial charge in [-0.15, -0.1) is 11.6 Å². The fourth-order valence-corrected chi connectivity index (χ4v) is 0.911. The number of aryl methyl sites for hydroxylation is 1. The van der Waals surface area contributed by atoms with Crippen LogP contribution in [0.1, 0.15) is 11.3 Å². The molecule has 0 saturated carbocycles. The molecule has 3 heteroatoms. The Morgan fingerprint density at radius 3 is 3.00 bits per heavy atom. The maximum Gasteiger partial charge on any atom is 0.116 e. The molecule has 1 heterocycles. The van der Waals surface area contributed by atoms with Crippen molar-refractivity contribution in [1.82, 2.24) is 4.98 Å². The van der Waals surface area contributed by atoms with Gasteiger partial charge in [0, 0.05) is 0 Å². The third-order valence-corrected chi connectivity index (χ3v) is 1.51. The summed E-state index contributed by atoms with van der Waals surface area (Å²) in [5.41, 5.74) is 7.90. The van der Waals surface area contributed by atoms with E-state index in [1.165, 1.54) is 0 Å². The monoisotopic (exact) mass is 180 g/mol. The Morgan fingerprint density at radius 2 is 2.42 bits per heavy atom. The normalized spacial score (nSPS) is 8.83. The van der Waals surface area contributed by atoms with Crippen molar-refractivity contribution < 1.29 is 0 Å². The second-order valence-electron chi connectivity index (χ2n) is 2.37. The first-order valence-corrected chi connectivity index (χ1v) is 4.04. The highest BCUT2D eigenvalue weighted by atomic mass is 35.5. The average Bonchev–Trinajstić information content (AvgIpc) is 2.03. The predicted molar refractivity (Wildman–Crippen MR) is 51.0 cm³/mol. The van der Waals surface area contributed by atoms with E-state index in [1.807, 2.05) is 13.0 Å². The zero-order chi connectivity index (χ0) is 8.97. The molecule has 0 aliphatic heterocycles. The smallest absolute Gasteiger partial charge is 0.116 e. The third kappa shape index (κ3) is 2.14. The minimum Gasteiger partial charge on any atom is -0.397 e. The van der Waals surface area contributed by atoms with Crippen molar-refractivity contribution in [1.29, 1.82) is 0 Å². The number of hydrogen-bond donors (Lipinski definition) is 1. The van der Waals surface area contributed by atoms with Gasteiger partial charge in [0.15, 0.2) is 0 Å². The molecule has 0 atom stereocenters. The van der Waals surface area contributed by atoms with E-state index in [1.54, 1.807) is 6.20 Å². The molecule has 0 spiro atoms. The number of alkyl halides is 1. The molecule has 0 aliphatic rings. The van der Waals surface area contributed by atoms with E-state index in [0.29, 0.717) is 11.6 Å². The Morgan fingerprint density at radius 1 is 1.67 bits per heavy atom. The highest BCUT2D eigenvalue weighted by molar-refractivity contribution is 6.19. The molecule has 0 fully saturated rings. The first kappa shape index (κ1) is 8.89. The van der Waals surface area contributed by atoms with Crippen LogP contribution in [0.5, 0.6) is 0 Å². The van der Waals surface area contributed by atoms with Crippen molar-refractivity contribution in [3.05, 3.63) is 23.5 Å². The number of aromatic nitrogens is 1. The van der Waals surface area contributed by atoms with Crippen molar-refractivity contribution in [2.75, 3.05) is 11.6 Å². The van der Waals surface area contributed by atoms with Gasteiger partial charge in [-0.05, 0) is 24.5 Å². The zero-order valence-corrected chi connectivity index (χ0v) is 7.52. The number of pyridine rings is 1. The second kappa shape index (κ2) is 3.99. The maximum atomic E-state index is 5.52. The second-order valence-corrected chi connectivity index (χ2v) is 2.64. The van der Waals surface area contributed by atoms with Crippen LogP contribution < -0.4 is 5.73 Å². The van der Waals surface area contributed by atoms with Gasteiger partial charge in [0.05, 0.1) is 17.8 Å². The van der Waals surface area contributed by atoms with Crippen LogP contribution >= 0.6 is 11.6 Å². The lowest BCUT2D eigenvalue weighted by atomic mass is 10.2. The molecule has 2 N–H and O–H groups in total. The number of nitrogens with two attached hydrogens (primary N) is 1. The van der Waals surface area contributed by atoms with Crippen LogP contribution in [0.2, 0.25) is 0 Å². The Kier molecular flexibility index (Phi) is 2.95. The highest BCUT2D eigenvalue weighted by Crippen LogP contribution is 2.07. The molecular weight excluding hydrogens is 172 g/mol. The van der Waals surface area contributed by atoms with E-state index in [0.717, 1.165) is 11.3 Å². The molecule has 62 valence electrons. The van der Waals surface area contributed by atoms with Gasteiger partial charge in [-0.3, -0.25) is 0 Å². The summed E-state index contributed by atoms with van der Waals surface area (Å²) in [4.78, 5) is 4.06. The largest absolute Gasteiger partial charge is 0.397 e. The van der Waals surface area contributed by atoms with Gasteiger partial charge in [-0.1, -0.05) is 5.92 Å². The summed E-state index contributed by atoms with van der Waals surface area (Å²) in [5, 5.41) is 0. The van der Waals surface area contributed by atoms with Crippen LogP contribution in [0.25, 0.3) is 0 Å². The van der Waals surface area contributed by atoms with Crippen LogP contribution in [0.15, 0.2) is 12.3 Å². The molecule has 12 heavy (non-hydrogen) atoms. The Balaban J connectivity index is 3.01. The Bertz CT molecular complexity index is 336. The van der Waals surface area contributed by atoms with Gasteiger partial charge in [-0.2, -0.15) is 0 Å². The molecule has 0 bridgehead atoms. The maximum absolute atomic E-state index is 5.52. The first-order valence-electron chi connectivity index (χ1n) is 3.51. The molecule has 2 nitrogen and oxygen atoms in total. The van der Waals surface area contributed by atoms with E-state index >= 15 is 0 Å². The summed E-state index contributed by atoms with van der Waals surface area (Å²) in [6.07, 6.45) is 1.59. The Labute approximate surface area is 76.8 Å². The lowest BCUT2D eigenvalue weighted by Gasteiger charge is -1.97. The fraction of sp³-hybridized carbons (Fsp3) is 0.222. The lowest BCUT2D eigenvalue weighted by Crippen LogP contribution is -1.92. The standard InChI is InChI=1S/C9H9ClN2/c1-7-5-8(11)6-12-9(7)3-2-4-10/h5-6H,4,11H2,1H3. The van der Waals surface area contributed by atoms with Gasteiger partial charge in [0.25, 0.3) is 0 Å².